The molecule has 7 heteroatoms. The number of Topliss-reactive ketones (excluding diaryl/α,β-unsaturated/α-hetero) is 1. The van der Waals surface area contributed by atoms with Gasteiger partial charge in [-0.25, -0.2) is 4.79 Å². The number of carbonyl (C=O) groups is 2. The second-order valence-electron chi connectivity index (χ2n) is 10.4. The van der Waals surface area contributed by atoms with Crippen LogP contribution in [-0.2, 0) is 14.5 Å². The molecule has 1 atom stereocenters. The molecule has 0 spiro atoms. The quantitative estimate of drug-likeness (QED) is 0.237. The molecule has 2 aromatic rings. The molecular weight excluding hydrogens is 500 g/mol. The molecular formula is C30H40N2O3S2. The minimum absolute atomic E-state index is 0.186. The SMILES string of the molecule is CCCCC1CCN(CCCC(=O)c2ccc(-c3ccc4cc3C(N)(CCSC)C(=O)OS4)cc2)CC1. The Bertz CT molecular complexity index is 1070. The number of nitrogens with two attached hydrogens (primary N) is 1. The zero-order valence-corrected chi connectivity index (χ0v) is 23.8. The molecule has 4 rings (SSSR count). The fraction of sp³-hybridized carbons (Fsp3) is 0.533. The first-order chi connectivity index (χ1) is 17.9. The third kappa shape index (κ3) is 6.99. The van der Waals surface area contributed by atoms with Gasteiger partial charge in [-0.2, -0.15) is 11.8 Å². The normalized spacial score (nSPS) is 20.5. The number of carbonyl (C=O) groups excluding carboxylic acids is 2. The van der Waals surface area contributed by atoms with E-state index in [0.717, 1.165) is 63.8 Å². The van der Waals surface area contributed by atoms with Gasteiger partial charge >= 0.3 is 5.97 Å². The second-order valence-corrected chi connectivity index (χ2v) is 12.2. The van der Waals surface area contributed by atoms with Gasteiger partial charge in [0.2, 0.25) is 0 Å². The van der Waals surface area contributed by atoms with Gasteiger partial charge in [0, 0.05) is 16.9 Å². The molecule has 2 aliphatic rings. The molecule has 2 bridgehead atoms. The Morgan fingerprint density at radius 3 is 2.62 bits per heavy atom. The van der Waals surface area contributed by atoms with Crippen molar-refractivity contribution in [3.05, 3.63) is 53.6 Å². The highest BCUT2D eigenvalue weighted by atomic mass is 32.2. The Balaban J connectivity index is 1.37. The molecule has 0 radical (unpaired) electrons. The summed E-state index contributed by atoms with van der Waals surface area (Å²) in [5.74, 6) is 1.42. The van der Waals surface area contributed by atoms with E-state index in [4.69, 9.17) is 9.92 Å². The molecule has 200 valence electrons. The first kappa shape index (κ1) is 28.2. The van der Waals surface area contributed by atoms with Crippen LogP contribution in [0.25, 0.3) is 11.1 Å². The maximum Gasteiger partial charge on any atom is 0.343 e. The topological polar surface area (TPSA) is 72.6 Å². The van der Waals surface area contributed by atoms with E-state index in [1.807, 2.05) is 48.7 Å². The van der Waals surface area contributed by atoms with E-state index >= 15 is 0 Å². The van der Waals surface area contributed by atoms with Crippen LogP contribution in [0, 0.1) is 5.92 Å². The lowest BCUT2D eigenvalue weighted by atomic mass is 9.83. The Morgan fingerprint density at radius 2 is 1.92 bits per heavy atom. The van der Waals surface area contributed by atoms with Gasteiger partial charge in [0.1, 0.15) is 5.54 Å². The van der Waals surface area contributed by atoms with Crippen LogP contribution in [0.2, 0.25) is 0 Å². The molecule has 2 N–H and O–H groups in total. The van der Waals surface area contributed by atoms with Crippen molar-refractivity contribution in [1.29, 1.82) is 0 Å². The third-order valence-electron chi connectivity index (χ3n) is 7.82. The summed E-state index contributed by atoms with van der Waals surface area (Å²) in [4.78, 5) is 29.1. The Hall–Kier alpha value is -1.80. The number of hydrogen-bond donors (Lipinski definition) is 1. The summed E-state index contributed by atoms with van der Waals surface area (Å²) in [5.41, 5.74) is 8.88. The summed E-state index contributed by atoms with van der Waals surface area (Å²) in [5, 5.41) is 0. The average molecular weight is 541 g/mol. The smallest absolute Gasteiger partial charge is 0.343 e. The number of likely N-dealkylation sites (tertiary alicyclic amines) is 1. The van der Waals surface area contributed by atoms with Crippen LogP contribution in [-0.4, -0.2) is 48.3 Å². The van der Waals surface area contributed by atoms with E-state index in [9.17, 15) is 9.59 Å². The molecule has 1 saturated heterocycles. The third-order valence-corrected chi connectivity index (χ3v) is 9.11. The van der Waals surface area contributed by atoms with E-state index in [-0.39, 0.29) is 5.78 Å². The number of piperidine rings is 1. The lowest BCUT2D eigenvalue weighted by molar-refractivity contribution is -0.139. The van der Waals surface area contributed by atoms with Gasteiger partial charge < -0.3 is 14.8 Å². The highest BCUT2D eigenvalue weighted by molar-refractivity contribution is 7.98. The van der Waals surface area contributed by atoms with E-state index < -0.39 is 11.5 Å². The number of thioether (sulfide) groups is 1. The summed E-state index contributed by atoms with van der Waals surface area (Å²) >= 11 is 2.72. The van der Waals surface area contributed by atoms with Crippen molar-refractivity contribution in [1.82, 2.24) is 4.90 Å². The molecule has 37 heavy (non-hydrogen) atoms. The summed E-state index contributed by atoms with van der Waals surface area (Å²) in [7, 11) is 0. The van der Waals surface area contributed by atoms with Gasteiger partial charge in [0.05, 0.1) is 12.0 Å². The van der Waals surface area contributed by atoms with E-state index in [1.165, 1.54) is 45.2 Å². The van der Waals surface area contributed by atoms with Crippen molar-refractivity contribution in [2.24, 2.45) is 11.7 Å². The van der Waals surface area contributed by atoms with Gasteiger partial charge in [-0.3, -0.25) is 4.79 Å². The predicted molar refractivity (Wildman–Crippen MR) is 155 cm³/mol. The summed E-state index contributed by atoms with van der Waals surface area (Å²) in [6.07, 6.45) is 10.6. The first-order valence-electron chi connectivity index (χ1n) is 13.6. The van der Waals surface area contributed by atoms with Gasteiger partial charge in [0.15, 0.2) is 5.78 Å². The average Bonchev–Trinajstić information content (AvgIpc) is 3.02. The second kappa shape index (κ2) is 13.3. The lowest BCUT2D eigenvalue weighted by Gasteiger charge is -2.31. The molecule has 2 aliphatic heterocycles. The fourth-order valence-electron chi connectivity index (χ4n) is 5.40. The van der Waals surface area contributed by atoms with E-state index in [1.54, 1.807) is 11.8 Å². The molecule has 2 aromatic carbocycles. The Morgan fingerprint density at radius 1 is 1.16 bits per heavy atom. The highest BCUT2D eigenvalue weighted by Crippen LogP contribution is 2.41. The van der Waals surface area contributed by atoms with E-state index in [0.29, 0.717) is 12.8 Å². The first-order valence-corrected chi connectivity index (χ1v) is 15.8. The molecule has 0 saturated carbocycles. The zero-order valence-electron chi connectivity index (χ0n) is 22.2. The fourth-order valence-corrected chi connectivity index (χ4v) is 6.54. The van der Waals surface area contributed by atoms with E-state index in [2.05, 4.69) is 11.8 Å². The van der Waals surface area contributed by atoms with Crippen LogP contribution in [0.3, 0.4) is 0 Å². The van der Waals surface area contributed by atoms with Crippen LogP contribution >= 0.6 is 23.8 Å². The van der Waals surface area contributed by atoms with Crippen molar-refractivity contribution in [3.8, 4) is 11.1 Å². The number of nitrogens with zero attached hydrogens (tertiary/aromatic N) is 1. The largest absolute Gasteiger partial charge is 0.384 e. The summed E-state index contributed by atoms with van der Waals surface area (Å²) in [6.45, 7) is 5.61. The van der Waals surface area contributed by atoms with Gasteiger partial charge in [-0.1, -0.05) is 56.5 Å². The number of unbranched alkanes of at least 4 members (excludes halogenated alkanes) is 1. The molecule has 1 fully saturated rings. The maximum atomic E-state index is 12.9. The van der Waals surface area contributed by atoms with Crippen LogP contribution < -0.4 is 5.73 Å². The molecule has 1 unspecified atom stereocenters. The number of fused-ring (bicyclic) bond motifs is 2. The van der Waals surface area contributed by atoms with Crippen LogP contribution in [0.1, 0.15) is 74.2 Å². The zero-order chi connectivity index (χ0) is 26.3. The minimum atomic E-state index is -1.20. The number of hydrogen-bond acceptors (Lipinski definition) is 7. The van der Waals surface area contributed by atoms with Crippen LogP contribution in [0.5, 0.6) is 0 Å². The number of rotatable bonds is 12. The van der Waals surface area contributed by atoms with Crippen molar-refractivity contribution < 1.29 is 13.8 Å². The van der Waals surface area contributed by atoms with Gasteiger partial charge in [0.25, 0.3) is 0 Å². The Kier molecular flexibility index (Phi) is 10.2. The summed E-state index contributed by atoms with van der Waals surface area (Å²) < 4.78 is 5.41. The van der Waals surface area contributed by atoms with Gasteiger partial charge in [-0.05, 0) is 92.1 Å². The van der Waals surface area contributed by atoms with Crippen LogP contribution in [0.4, 0.5) is 0 Å². The number of benzene rings is 2. The predicted octanol–water partition coefficient (Wildman–Crippen LogP) is 6.69. The van der Waals surface area contributed by atoms with Gasteiger partial charge in [-0.15, -0.1) is 0 Å². The van der Waals surface area contributed by atoms with Crippen molar-refractivity contribution >= 4 is 35.6 Å². The minimum Gasteiger partial charge on any atom is -0.384 e. The molecule has 2 heterocycles. The standard InChI is InChI=1S/C30H40N2O3S2/c1-3-4-6-22-14-18-32(19-15-22)17-5-7-28(33)24-10-8-23(9-11-24)26-13-12-25-21-27(26)30(31,16-20-36-2)29(34)35-37-25/h8-13,21-22H,3-7,14-20,31H2,1-2H3. The summed E-state index contributed by atoms with van der Waals surface area (Å²) in [6, 6.07) is 13.7. The van der Waals surface area contributed by atoms with Crippen molar-refractivity contribution in [3.63, 3.8) is 0 Å². The van der Waals surface area contributed by atoms with Crippen molar-refractivity contribution in [2.75, 3.05) is 31.6 Å². The van der Waals surface area contributed by atoms with Crippen molar-refractivity contribution in [2.45, 2.75) is 68.7 Å². The van der Waals surface area contributed by atoms with Crippen LogP contribution in [0.15, 0.2) is 47.4 Å². The number of ketones is 1. The molecule has 0 amide bonds. The maximum absolute atomic E-state index is 12.9. The highest BCUT2D eigenvalue weighted by Gasteiger charge is 2.41. The molecule has 5 nitrogen and oxygen atoms in total. The molecule has 0 aliphatic carbocycles. The Labute approximate surface area is 230 Å². The molecule has 0 aromatic heterocycles. The lowest BCUT2D eigenvalue weighted by Crippen LogP contribution is -2.45. The monoisotopic (exact) mass is 540 g/mol.